The second-order valence-electron chi connectivity index (χ2n) is 5.28. The van der Waals surface area contributed by atoms with Crippen molar-refractivity contribution in [2.75, 3.05) is 11.9 Å². The second-order valence-corrected chi connectivity index (χ2v) is 6.13. The van der Waals surface area contributed by atoms with E-state index in [2.05, 4.69) is 5.32 Å². The number of likely N-dealkylation sites (tertiary alicyclic amines) is 1. The van der Waals surface area contributed by atoms with E-state index in [1.54, 1.807) is 29.2 Å². The van der Waals surface area contributed by atoms with Gasteiger partial charge in [0.15, 0.2) is 0 Å². The standard InChI is InChI=1S/C16H14Cl2N2O3/c17-11-3-4-13(12(18)8-11)19-15(21)14-2-1-6-20(14)16(22)10-5-7-23-9-10/h3-5,7-9,14H,1-2,6H2,(H,19,21)/t14-/m1/s1. The first kappa shape index (κ1) is 15.9. The number of rotatable bonds is 3. The van der Waals surface area contributed by atoms with E-state index in [0.717, 1.165) is 6.42 Å². The molecule has 1 aliphatic rings. The summed E-state index contributed by atoms with van der Waals surface area (Å²) in [5.41, 5.74) is 0.915. The van der Waals surface area contributed by atoms with Crippen LogP contribution >= 0.6 is 23.2 Å². The quantitative estimate of drug-likeness (QED) is 0.912. The minimum atomic E-state index is -0.524. The molecular formula is C16H14Cl2N2O3. The van der Waals surface area contributed by atoms with Crippen LogP contribution in [0.3, 0.4) is 0 Å². The van der Waals surface area contributed by atoms with Gasteiger partial charge in [-0.3, -0.25) is 9.59 Å². The molecule has 2 amide bonds. The van der Waals surface area contributed by atoms with Crippen molar-refractivity contribution in [3.63, 3.8) is 0 Å². The molecule has 1 aliphatic heterocycles. The Kier molecular flexibility index (Phi) is 4.59. The van der Waals surface area contributed by atoms with Crippen molar-refractivity contribution in [2.24, 2.45) is 0 Å². The Morgan fingerprint density at radius 2 is 2.09 bits per heavy atom. The average molecular weight is 353 g/mol. The van der Waals surface area contributed by atoms with Crippen LogP contribution in [0.2, 0.25) is 10.0 Å². The summed E-state index contributed by atoms with van der Waals surface area (Å²) < 4.78 is 4.94. The van der Waals surface area contributed by atoms with E-state index in [9.17, 15) is 9.59 Å². The molecule has 1 N–H and O–H groups in total. The maximum atomic E-state index is 12.5. The summed E-state index contributed by atoms with van der Waals surface area (Å²) in [5, 5.41) is 3.61. The molecule has 1 fully saturated rings. The Morgan fingerprint density at radius 3 is 2.78 bits per heavy atom. The summed E-state index contributed by atoms with van der Waals surface area (Å²) in [6.07, 6.45) is 4.20. The molecule has 0 bridgehead atoms. The molecule has 0 unspecified atom stereocenters. The molecule has 0 radical (unpaired) electrons. The van der Waals surface area contributed by atoms with Gasteiger partial charge in [-0.15, -0.1) is 0 Å². The van der Waals surface area contributed by atoms with Crippen LogP contribution in [0.25, 0.3) is 0 Å². The van der Waals surface area contributed by atoms with Crippen LogP contribution in [0.1, 0.15) is 23.2 Å². The number of halogens is 2. The van der Waals surface area contributed by atoms with Gasteiger partial charge in [0.25, 0.3) is 5.91 Å². The number of hydrogen-bond acceptors (Lipinski definition) is 3. The van der Waals surface area contributed by atoms with Gasteiger partial charge < -0.3 is 14.6 Å². The Balaban J connectivity index is 1.74. The van der Waals surface area contributed by atoms with Crippen LogP contribution in [0, 0.1) is 0 Å². The van der Waals surface area contributed by atoms with Gasteiger partial charge in [0.2, 0.25) is 5.91 Å². The van der Waals surface area contributed by atoms with Crippen molar-refractivity contribution in [3.05, 3.63) is 52.4 Å². The Bertz CT molecular complexity index is 731. The van der Waals surface area contributed by atoms with E-state index >= 15 is 0 Å². The largest absolute Gasteiger partial charge is 0.472 e. The van der Waals surface area contributed by atoms with E-state index in [1.165, 1.54) is 12.5 Å². The van der Waals surface area contributed by atoms with Gasteiger partial charge in [0.1, 0.15) is 12.3 Å². The lowest BCUT2D eigenvalue weighted by Crippen LogP contribution is -2.43. The molecular weight excluding hydrogens is 339 g/mol. The first-order valence-electron chi connectivity index (χ1n) is 7.15. The number of carbonyl (C=O) groups excluding carboxylic acids is 2. The molecule has 0 spiro atoms. The number of anilines is 1. The van der Waals surface area contributed by atoms with E-state index in [1.807, 2.05) is 0 Å². The van der Waals surface area contributed by atoms with Crippen molar-refractivity contribution in [1.29, 1.82) is 0 Å². The number of carbonyl (C=O) groups is 2. The maximum Gasteiger partial charge on any atom is 0.257 e. The third kappa shape index (κ3) is 3.35. The second kappa shape index (κ2) is 6.64. The van der Waals surface area contributed by atoms with Gasteiger partial charge in [0.05, 0.1) is 22.5 Å². The minimum absolute atomic E-state index is 0.210. The third-order valence-corrected chi connectivity index (χ3v) is 4.32. The molecule has 0 saturated carbocycles. The summed E-state index contributed by atoms with van der Waals surface area (Å²) >= 11 is 11.9. The molecule has 7 heteroatoms. The van der Waals surface area contributed by atoms with Crippen molar-refractivity contribution in [1.82, 2.24) is 4.90 Å². The number of amides is 2. The topological polar surface area (TPSA) is 62.6 Å². The summed E-state index contributed by atoms with van der Waals surface area (Å²) in [7, 11) is 0. The fourth-order valence-corrected chi connectivity index (χ4v) is 3.10. The summed E-state index contributed by atoms with van der Waals surface area (Å²) in [4.78, 5) is 26.5. The first-order chi connectivity index (χ1) is 11.1. The zero-order valence-electron chi connectivity index (χ0n) is 12.1. The van der Waals surface area contributed by atoms with E-state index in [-0.39, 0.29) is 11.8 Å². The van der Waals surface area contributed by atoms with Gasteiger partial charge in [0, 0.05) is 11.6 Å². The monoisotopic (exact) mass is 352 g/mol. The first-order valence-corrected chi connectivity index (χ1v) is 7.91. The van der Waals surface area contributed by atoms with Gasteiger partial charge in [-0.05, 0) is 37.1 Å². The third-order valence-electron chi connectivity index (χ3n) is 3.77. The minimum Gasteiger partial charge on any atom is -0.472 e. The highest BCUT2D eigenvalue weighted by atomic mass is 35.5. The molecule has 1 aromatic heterocycles. The normalized spacial score (nSPS) is 17.3. The van der Waals surface area contributed by atoms with Crippen molar-refractivity contribution < 1.29 is 14.0 Å². The number of nitrogens with zero attached hydrogens (tertiary/aromatic N) is 1. The Hall–Kier alpha value is -1.98. The number of nitrogens with one attached hydrogen (secondary N) is 1. The highest BCUT2D eigenvalue weighted by molar-refractivity contribution is 6.36. The lowest BCUT2D eigenvalue weighted by molar-refractivity contribution is -0.119. The van der Waals surface area contributed by atoms with Gasteiger partial charge in [-0.25, -0.2) is 0 Å². The molecule has 120 valence electrons. The smallest absolute Gasteiger partial charge is 0.257 e. The van der Waals surface area contributed by atoms with Crippen LogP contribution < -0.4 is 5.32 Å². The molecule has 3 rings (SSSR count). The highest BCUT2D eigenvalue weighted by Crippen LogP contribution is 2.27. The van der Waals surface area contributed by atoms with Crippen LogP contribution in [-0.2, 0) is 4.79 Å². The van der Waals surface area contributed by atoms with Crippen LogP contribution in [0.15, 0.2) is 41.2 Å². The lowest BCUT2D eigenvalue weighted by atomic mass is 10.2. The molecule has 0 aliphatic carbocycles. The molecule has 1 saturated heterocycles. The van der Waals surface area contributed by atoms with Crippen molar-refractivity contribution >= 4 is 40.7 Å². The fourth-order valence-electron chi connectivity index (χ4n) is 2.64. The fraction of sp³-hybridized carbons (Fsp3) is 0.250. The zero-order valence-corrected chi connectivity index (χ0v) is 13.6. The molecule has 1 atom stereocenters. The predicted octanol–water partition coefficient (Wildman–Crippen LogP) is 3.83. The average Bonchev–Trinajstić information content (AvgIpc) is 3.20. The summed E-state index contributed by atoms with van der Waals surface area (Å²) in [5.74, 6) is -0.470. The Morgan fingerprint density at radius 1 is 1.26 bits per heavy atom. The van der Waals surface area contributed by atoms with Gasteiger partial charge in [-0.2, -0.15) is 0 Å². The molecule has 1 aromatic carbocycles. The lowest BCUT2D eigenvalue weighted by Gasteiger charge is -2.23. The Labute approximate surface area is 143 Å². The van der Waals surface area contributed by atoms with Crippen molar-refractivity contribution in [2.45, 2.75) is 18.9 Å². The summed E-state index contributed by atoms with van der Waals surface area (Å²) in [6, 6.07) is 5.91. The van der Waals surface area contributed by atoms with Crippen LogP contribution in [0.5, 0.6) is 0 Å². The van der Waals surface area contributed by atoms with Gasteiger partial charge in [-0.1, -0.05) is 23.2 Å². The molecule has 2 aromatic rings. The number of hydrogen-bond donors (Lipinski definition) is 1. The summed E-state index contributed by atoms with van der Waals surface area (Å²) in [6.45, 7) is 0.538. The number of benzene rings is 1. The van der Waals surface area contributed by atoms with Crippen molar-refractivity contribution in [3.8, 4) is 0 Å². The number of furan rings is 1. The molecule has 2 heterocycles. The highest BCUT2D eigenvalue weighted by Gasteiger charge is 2.35. The maximum absolute atomic E-state index is 12.5. The van der Waals surface area contributed by atoms with E-state index in [0.29, 0.717) is 34.3 Å². The SMILES string of the molecule is O=C(Nc1ccc(Cl)cc1Cl)[C@H]1CCCN1C(=O)c1ccoc1. The van der Waals surface area contributed by atoms with Crippen LogP contribution in [0.4, 0.5) is 5.69 Å². The zero-order chi connectivity index (χ0) is 16.4. The van der Waals surface area contributed by atoms with Crippen LogP contribution in [-0.4, -0.2) is 29.3 Å². The molecule has 23 heavy (non-hydrogen) atoms. The predicted molar refractivity (Wildman–Crippen MR) is 87.9 cm³/mol. The van der Waals surface area contributed by atoms with E-state index < -0.39 is 6.04 Å². The van der Waals surface area contributed by atoms with Gasteiger partial charge >= 0.3 is 0 Å². The molecule has 5 nitrogen and oxygen atoms in total. The van der Waals surface area contributed by atoms with E-state index in [4.69, 9.17) is 27.6 Å².